The van der Waals surface area contributed by atoms with E-state index in [1.165, 1.54) is 5.56 Å². The molecule has 1 saturated heterocycles. The number of hydrogen-bond acceptors (Lipinski definition) is 2. The van der Waals surface area contributed by atoms with Gasteiger partial charge in [0.25, 0.3) is 0 Å². The van der Waals surface area contributed by atoms with Crippen LogP contribution in [0.2, 0.25) is 0 Å². The van der Waals surface area contributed by atoms with E-state index in [0.717, 1.165) is 24.0 Å². The number of amides is 1. The molecule has 1 aromatic carbocycles. The molecule has 2 atom stereocenters. The predicted molar refractivity (Wildman–Crippen MR) is 88.2 cm³/mol. The van der Waals surface area contributed by atoms with E-state index in [1.54, 1.807) is 0 Å². The van der Waals surface area contributed by atoms with Crippen molar-refractivity contribution in [3.05, 3.63) is 34.3 Å². The van der Waals surface area contributed by atoms with Crippen LogP contribution < -0.4 is 10.6 Å². The smallest absolute Gasteiger partial charge is 0.223 e. The monoisotopic (exact) mass is 360 g/mol. The highest BCUT2D eigenvalue weighted by Gasteiger charge is 2.29. The summed E-state index contributed by atoms with van der Waals surface area (Å²) in [5.74, 6) is 0.782. The molecule has 20 heavy (non-hydrogen) atoms. The van der Waals surface area contributed by atoms with Gasteiger partial charge in [-0.1, -0.05) is 35.0 Å². The normalized spacial score (nSPS) is 17.6. The van der Waals surface area contributed by atoms with Gasteiger partial charge in [-0.15, -0.1) is 12.4 Å². The molecule has 2 rings (SSSR count). The maximum absolute atomic E-state index is 12.1. The van der Waals surface area contributed by atoms with Gasteiger partial charge in [-0.3, -0.25) is 4.79 Å². The number of benzene rings is 1. The molecule has 2 N–H and O–H groups in total. The lowest BCUT2D eigenvalue weighted by Gasteiger charge is -2.32. The third-order valence-electron chi connectivity index (χ3n) is 3.78. The third kappa shape index (κ3) is 4.76. The Kier molecular flexibility index (Phi) is 7.00. The molecule has 0 bridgehead atoms. The molecule has 0 aliphatic carbocycles. The molecule has 2 unspecified atom stereocenters. The number of nitrogens with one attached hydrogen (secondary N) is 2. The Bertz CT molecular complexity index is 434. The number of carbonyl (C=O) groups is 1. The molecule has 1 aliphatic heterocycles. The molecule has 1 aliphatic rings. The van der Waals surface area contributed by atoms with E-state index in [4.69, 9.17) is 0 Å². The van der Waals surface area contributed by atoms with Crippen molar-refractivity contribution in [1.82, 2.24) is 10.6 Å². The van der Waals surface area contributed by atoms with E-state index < -0.39 is 0 Å². The molecular formula is C15H22BrClN2O. The van der Waals surface area contributed by atoms with Crippen molar-refractivity contribution >= 4 is 34.2 Å². The second kappa shape index (κ2) is 8.01. The van der Waals surface area contributed by atoms with Crippen LogP contribution in [0.4, 0.5) is 0 Å². The van der Waals surface area contributed by atoms with Crippen LogP contribution in [-0.4, -0.2) is 25.0 Å². The van der Waals surface area contributed by atoms with E-state index in [1.807, 2.05) is 19.1 Å². The average molecular weight is 362 g/mol. The first kappa shape index (κ1) is 17.5. The van der Waals surface area contributed by atoms with Crippen LogP contribution in [0, 0.1) is 11.8 Å². The lowest BCUT2D eigenvalue weighted by Crippen LogP contribution is -2.50. The predicted octanol–water partition coefficient (Wildman–Crippen LogP) is 2.77. The van der Waals surface area contributed by atoms with Crippen molar-refractivity contribution in [2.24, 2.45) is 11.8 Å². The van der Waals surface area contributed by atoms with Crippen molar-refractivity contribution in [1.29, 1.82) is 0 Å². The number of hydrogen-bond donors (Lipinski definition) is 2. The number of rotatable bonds is 5. The molecule has 112 valence electrons. The number of carbonyl (C=O) groups excluding carboxylic acids is 1. The fourth-order valence-corrected chi connectivity index (χ4v) is 2.54. The zero-order valence-electron chi connectivity index (χ0n) is 11.9. The zero-order chi connectivity index (χ0) is 13.8. The van der Waals surface area contributed by atoms with Gasteiger partial charge in [0.1, 0.15) is 0 Å². The van der Waals surface area contributed by atoms with Crippen LogP contribution >= 0.6 is 28.3 Å². The van der Waals surface area contributed by atoms with Crippen LogP contribution in [0.3, 0.4) is 0 Å². The van der Waals surface area contributed by atoms with E-state index in [2.05, 4.69) is 45.6 Å². The van der Waals surface area contributed by atoms with Crippen molar-refractivity contribution < 1.29 is 4.79 Å². The molecule has 1 amide bonds. The summed E-state index contributed by atoms with van der Waals surface area (Å²) in [4.78, 5) is 12.1. The Labute approximate surface area is 135 Å². The minimum Gasteiger partial charge on any atom is -0.353 e. The summed E-state index contributed by atoms with van der Waals surface area (Å²) in [5.41, 5.74) is 1.24. The van der Waals surface area contributed by atoms with Gasteiger partial charge < -0.3 is 10.6 Å². The molecule has 0 aromatic heterocycles. The molecular weight excluding hydrogens is 340 g/mol. The highest BCUT2D eigenvalue weighted by atomic mass is 79.9. The standard InChI is InChI=1S/C15H21BrN2O.ClH/c1-10(7-12-3-5-14(16)6-4-12)18-15(19)11(2)13-8-17-9-13;/h3-6,10-11,13,17H,7-9H2,1-2H3,(H,18,19);1H. The molecule has 5 heteroatoms. The van der Waals surface area contributed by atoms with Gasteiger partial charge in [0.2, 0.25) is 5.91 Å². The van der Waals surface area contributed by atoms with E-state index >= 15 is 0 Å². The van der Waals surface area contributed by atoms with Gasteiger partial charge in [-0.05, 0) is 50.0 Å². The highest BCUT2D eigenvalue weighted by Crippen LogP contribution is 2.16. The van der Waals surface area contributed by atoms with Crippen molar-refractivity contribution in [2.75, 3.05) is 13.1 Å². The summed E-state index contributed by atoms with van der Waals surface area (Å²) in [6, 6.07) is 8.42. The van der Waals surface area contributed by atoms with E-state index in [9.17, 15) is 4.79 Å². The van der Waals surface area contributed by atoms with Crippen molar-refractivity contribution in [3.8, 4) is 0 Å². The maximum Gasteiger partial charge on any atom is 0.223 e. The Balaban J connectivity index is 0.00000200. The van der Waals surface area contributed by atoms with Gasteiger partial charge in [0.15, 0.2) is 0 Å². The molecule has 3 nitrogen and oxygen atoms in total. The molecule has 1 fully saturated rings. The van der Waals surface area contributed by atoms with Crippen LogP contribution in [-0.2, 0) is 11.2 Å². The average Bonchev–Trinajstić information content (AvgIpc) is 2.29. The quantitative estimate of drug-likeness (QED) is 0.847. The first-order valence-corrected chi connectivity index (χ1v) is 7.61. The first-order chi connectivity index (χ1) is 9.06. The van der Waals surface area contributed by atoms with Crippen LogP contribution in [0.5, 0.6) is 0 Å². The molecule has 1 heterocycles. The highest BCUT2D eigenvalue weighted by molar-refractivity contribution is 9.10. The Morgan fingerprint density at radius 1 is 1.35 bits per heavy atom. The van der Waals surface area contributed by atoms with Gasteiger partial charge in [-0.2, -0.15) is 0 Å². The summed E-state index contributed by atoms with van der Waals surface area (Å²) in [5, 5.41) is 6.32. The van der Waals surface area contributed by atoms with E-state index in [0.29, 0.717) is 5.92 Å². The minimum absolute atomic E-state index is 0. The third-order valence-corrected chi connectivity index (χ3v) is 4.31. The largest absolute Gasteiger partial charge is 0.353 e. The lowest BCUT2D eigenvalue weighted by atomic mass is 9.88. The van der Waals surface area contributed by atoms with Crippen LogP contribution in [0.15, 0.2) is 28.7 Å². The molecule has 0 radical (unpaired) electrons. The Morgan fingerprint density at radius 3 is 2.45 bits per heavy atom. The summed E-state index contributed by atoms with van der Waals surface area (Å²) >= 11 is 3.43. The zero-order valence-corrected chi connectivity index (χ0v) is 14.3. The van der Waals surface area contributed by atoms with Gasteiger partial charge in [0.05, 0.1) is 0 Å². The second-order valence-electron chi connectivity index (χ2n) is 5.45. The second-order valence-corrected chi connectivity index (χ2v) is 6.36. The van der Waals surface area contributed by atoms with Crippen molar-refractivity contribution in [2.45, 2.75) is 26.3 Å². The Morgan fingerprint density at radius 2 is 1.95 bits per heavy atom. The summed E-state index contributed by atoms with van der Waals surface area (Å²) in [6.45, 7) is 6.02. The summed E-state index contributed by atoms with van der Waals surface area (Å²) in [6.07, 6.45) is 0.870. The number of halogens is 2. The van der Waals surface area contributed by atoms with Crippen LogP contribution in [0.1, 0.15) is 19.4 Å². The fourth-order valence-electron chi connectivity index (χ4n) is 2.28. The van der Waals surface area contributed by atoms with Crippen molar-refractivity contribution in [3.63, 3.8) is 0 Å². The topological polar surface area (TPSA) is 41.1 Å². The molecule has 1 aromatic rings. The lowest BCUT2D eigenvalue weighted by molar-refractivity contribution is -0.127. The minimum atomic E-state index is 0. The summed E-state index contributed by atoms with van der Waals surface area (Å²) < 4.78 is 1.08. The molecule has 0 saturated carbocycles. The SMILES string of the molecule is CC(Cc1ccc(Br)cc1)NC(=O)C(C)C1CNC1.Cl. The van der Waals surface area contributed by atoms with Crippen LogP contribution in [0.25, 0.3) is 0 Å². The molecule has 0 spiro atoms. The fraction of sp³-hybridized carbons (Fsp3) is 0.533. The van der Waals surface area contributed by atoms with Gasteiger partial charge in [-0.25, -0.2) is 0 Å². The van der Waals surface area contributed by atoms with Gasteiger partial charge >= 0.3 is 0 Å². The van der Waals surface area contributed by atoms with E-state index in [-0.39, 0.29) is 30.3 Å². The first-order valence-electron chi connectivity index (χ1n) is 6.82. The van der Waals surface area contributed by atoms with Gasteiger partial charge in [0, 0.05) is 16.4 Å². The Hall–Kier alpha value is -0.580. The summed E-state index contributed by atoms with van der Waals surface area (Å²) in [7, 11) is 0. The maximum atomic E-state index is 12.1.